The molecule has 0 heterocycles. The smallest absolute Gasteiger partial charge is 0.167 e. The summed E-state index contributed by atoms with van der Waals surface area (Å²) in [6, 6.07) is 0. The predicted octanol–water partition coefficient (Wildman–Crippen LogP) is 1.82. The van der Waals surface area contributed by atoms with E-state index in [9.17, 15) is 20.1 Å². The van der Waals surface area contributed by atoms with Gasteiger partial charge < -0.3 is 15.3 Å². The van der Waals surface area contributed by atoms with E-state index >= 15 is 0 Å². The normalized spacial score (nSPS) is 52.4. The van der Waals surface area contributed by atoms with E-state index in [1.165, 1.54) is 5.57 Å². The van der Waals surface area contributed by atoms with E-state index in [0.717, 1.165) is 32.1 Å². The van der Waals surface area contributed by atoms with E-state index in [0.29, 0.717) is 24.7 Å². The Balaban J connectivity index is 1.72. The summed E-state index contributed by atoms with van der Waals surface area (Å²) in [5.41, 5.74) is 0.671. The van der Waals surface area contributed by atoms with Crippen molar-refractivity contribution in [1.29, 1.82) is 0 Å². The second-order valence-electron chi connectivity index (χ2n) is 8.62. The molecule has 3 N–H and O–H groups in total. The zero-order valence-corrected chi connectivity index (χ0v) is 13.9. The number of ketones is 1. The molecule has 4 aliphatic rings. The fourth-order valence-corrected chi connectivity index (χ4v) is 6.52. The maximum absolute atomic E-state index is 12.5. The zero-order valence-electron chi connectivity index (χ0n) is 13.9. The lowest BCUT2D eigenvalue weighted by atomic mass is 9.47. The summed E-state index contributed by atoms with van der Waals surface area (Å²) in [5.74, 6) is 1.03. The molecule has 0 amide bonds. The highest BCUT2D eigenvalue weighted by molar-refractivity contribution is 5.91. The third kappa shape index (κ3) is 1.98. The average molecular weight is 320 g/mol. The van der Waals surface area contributed by atoms with Crippen molar-refractivity contribution in [1.82, 2.24) is 0 Å². The van der Waals surface area contributed by atoms with Crippen LogP contribution in [0.1, 0.15) is 51.9 Å². The van der Waals surface area contributed by atoms with Crippen LogP contribution in [-0.2, 0) is 4.79 Å². The summed E-state index contributed by atoms with van der Waals surface area (Å²) in [6.07, 6.45) is 6.74. The van der Waals surface area contributed by atoms with Crippen LogP contribution in [-0.4, -0.2) is 39.9 Å². The molecule has 128 valence electrons. The van der Waals surface area contributed by atoms with Crippen LogP contribution in [0.25, 0.3) is 0 Å². The number of Topliss-reactive ketones (excluding diaryl/α,β-unsaturated/α-hetero) is 1. The van der Waals surface area contributed by atoms with Gasteiger partial charge in [-0.3, -0.25) is 4.79 Å². The van der Waals surface area contributed by atoms with Crippen LogP contribution >= 0.6 is 0 Å². The first-order valence-electron chi connectivity index (χ1n) is 9.13. The molecule has 4 heteroatoms. The van der Waals surface area contributed by atoms with Gasteiger partial charge in [-0.05, 0) is 62.7 Å². The van der Waals surface area contributed by atoms with Crippen LogP contribution in [0.15, 0.2) is 11.6 Å². The molecule has 0 aliphatic heterocycles. The number of rotatable bonds is 1. The van der Waals surface area contributed by atoms with Crippen molar-refractivity contribution in [3.63, 3.8) is 0 Å². The molecule has 0 bridgehead atoms. The Morgan fingerprint density at radius 2 is 2.00 bits per heavy atom. The van der Waals surface area contributed by atoms with Crippen molar-refractivity contribution in [2.75, 3.05) is 6.61 Å². The van der Waals surface area contributed by atoms with Crippen LogP contribution < -0.4 is 0 Å². The lowest BCUT2D eigenvalue weighted by Gasteiger charge is -2.57. The third-order valence-corrected chi connectivity index (χ3v) is 7.82. The fourth-order valence-electron chi connectivity index (χ4n) is 6.52. The highest BCUT2D eigenvalue weighted by Crippen LogP contribution is 2.63. The SMILES string of the molecule is C[C@]12CC[C@H]3[C@@H](CC=C4CC(O)CC[C@@]43CO)[C@@H]1C[C@@H](O)C2=O. The molecule has 1 unspecified atom stereocenters. The van der Waals surface area contributed by atoms with Gasteiger partial charge in [0.2, 0.25) is 0 Å². The summed E-state index contributed by atoms with van der Waals surface area (Å²) in [4.78, 5) is 12.5. The molecule has 3 fully saturated rings. The van der Waals surface area contributed by atoms with Crippen LogP contribution in [0.5, 0.6) is 0 Å². The Bertz CT molecular complexity index is 556. The number of aliphatic hydroxyl groups is 3. The van der Waals surface area contributed by atoms with Crippen molar-refractivity contribution in [2.24, 2.45) is 28.6 Å². The number of allylic oxidation sites excluding steroid dienone is 1. The van der Waals surface area contributed by atoms with Gasteiger partial charge in [0.25, 0.3) is 0 Å². The van der Waals surface area contributed by atoms with Crippen LogP contribution in [0.2, 0.25) is 0 Å². The summed E-state index contributed by atoms with van der Waals surface area (Å²) in [6.45, 7) is 2.19. The quantitative estimate of drug-likeness (QED) is 0.644. The number of fused-ring (bicyclic) bond motifs is 5. The van der Waals surface area contributed by atoms with Gasteiger partial charge >= 0.3 is 0 Å². The molecular formula is C19H28O4. The van der Waals surface area contributed by atoms with Crippen molar-refractivity contribution in [3.8, 4) is 0 Å². The second-order valence-corrected chi connectivity index (χ2v) is 8.62. The summed E-state index contributed by atoms with van der Waals surface area (Å²) < 4.78 is 0. The van der Waals surface area contributed by atoms with Gasteiger partial charge in [0, 0.05) is 10.8 Å². The molecule has 4 nitrogen and oxygen atoms in total. The van der Waals surface area contributed by atoms with E-state index in [-0.39, 0.29) is 35.2 Å². The first-order chi connectivity index (χ1) is 10.9. The Morgan fingerprint density at radius 3 is 2.74 bits per heavy atom. The van der Waals surface area contributed by atoms with E-state index in [2.05, 4.69) is 6.08 Å². The molecule has 0 aromatic rings. The van der Waals surface area contributed by atoms with Gasteiger partial charge in [0.1, 0.15) is 6.10 Å². The fraction of sp³-hybridized carbons (Fsp3) is 0.842. The summed E-state index contributed by atoms with van der Waals surface area (Å²) in [7, 11) is 0. The second kappa shape index (κ2) is 5.14. The highest BCUT2D eigenvalue weighted by Gasteiger charge is 2.61. The number of hydrogen-bond donors (Lipinski definition) is 3. The van der Waals surface area contributed by atoms with Crippen LogP contribution in [0, 0.1) is 28.6 Å². The van der Waals surface area contributed by atoms with Crippen molar-refractivity contribution < 1.29 is 20.1 Å². The minimum Gasteiger partial charge on any atom is -0.395 e. The molecule has 7 atom stereocenters. The Hall–Kier alpha value is -0.710. The monoisotopic (exact) mass is 320 g/mol. The molecule has 0 radical (unpaired) electrons. The lowest BCUT2D eigenvalue weighted by Crippen LogP contribution is -2.53. The Kier molecular flexibility index (Phi) is 3.53. The molecular weight excluding hydrogens is 292 g/mol. The highest BCUT2D eigenvalue weighted by atomic mass is 16.3. The summed E-state index contributed by atoms with van der Waals surface area (Å²) in [5, 5.41) is 30.4. The Labute approximate surface area is 137 Å². The summed E-state index contributed by atoms with van der Waals surface area (Å²) >= 11 is 0. The minimum atomic E-state index is -0.799. The standard InChI is InChI=1S/C19H28O4/c1-18-6-5-14-13(15(18)9-16(22)17(18)23)3-2-11-8-12(21)4-7-19(11,14)10-20/h2,12-16,20-22H,3-10H2,1H3/t12?,13-,14+,15+,16-,18+,19-/m1/s1. The van der Waals surface area contributed by atoms with Crippen molar-refractivity contribution in [3.05, 3.63) is 11.6 Å². The molecule has 4 rings (SSSR count). The molecule has 0 saturated heterocycles. The van der Waals surface area contributed by atoms with E-state index in [1.807, 2.05) is 6.92 Å². The zero-order chi connectivity index (χ0) is 16.4. The molecule has 4 aliphatic carbocycles. The van der Waals surface area contributed by atoms with Crippen molar-refractivity contribution >= 4 is 5.78 Å². The Morgan fingerprint density at radius 1 is 1.22 bits per heavy atom. The molecule has 0 aromatic carbocycles. The van der Waals surface area contributed by atoms with E-state index in [1.54, 1.807) is 0 Å². The number of aliphatic hydroxyl groups excluding tert-OH is 3. The van der Waals surface area contributed by atoms with Gasteiger partial charge in [0.15, 0.2) is 5.78 Å². The topological polar surface area (TPSA) is 77.8 Å². The molecule has 0 spiro atoms. The van der Waals surface area contributed by atoms with E-state index in [4.69, 9.17) is 0 Å². The minimum absolute atomic E-state index is 0.0350. The maximum atomic E-state index is 12.5. The molecule has 23 heavy (non-hydrogen) atoms. The lowest BCUT2D eigenvalue weighted by molar-refractivity contribution is -0.137. The van der Waals surface area contributed by atoms with Crippen molar-refractivity contribution in [2.45, 2.75) is 64.1 Å². The van der Waals surface area contributed by atoms with E-state index < -0.39 is 6.10 Å². The van der Waals surface area contributed by atoms with Gasteiger partial charge in [-0.2, -0.15) is 0 Å². The van der Waals surface area contributed by atoms with Crippen LogP contribution in [0.4, 0.5) is 0 Å². The van der Waals surface area contributed by atoms with Gasteiger partial charge in [-0.15, -0.1) is 0 Å². The largest absolute Gasteiger partial charge is 0.395 e. The van der Waals surface area contributed by atoms with Gasteiger partial charge in [-0.25, -0.2) is 0 Å². The van der Waals surface area contributed by atoms with Gasteiger partial charge in [-0.1, -0.05) is 18.6 Å². The number of hydrogen-bond acceptors (Lipinski definition) is 4. The first kappa shape index (κ1) is 15.8. The van der Waals surface area contributed by atoms with Crippen LogP contribution in [0.3, 0.4) is 0 Å². The number of carbonyl (C=O) groups excluding carboxylic acids is 1. The molecule has 0 aromatic heterocycles. The predicted molar refractivity (Wildman–Crippen MR) is 85.5 cm³/mol. The van der Waals surface area contributed by atoms with Gasteiger partial charge in [0.05, 0.1) is 12.7 Å². The first-order valence-corrected chi connectivity index (χ1v) is 9.13. The third-order valence-electron chi connectivity index (χ3n) is 7.82. The maximum Gasteiger partial charge on any atom is 0.167 e. The number of carbonyl (C=O) groups is 1. The average Bonchev–Trinajstić information content (AvgIpc) is 2.78. The molecule has 3 saturated carbocycles.